The van der Waals surface area contributed by atoms with Gasteiger partial charge in [-0.1, -0.05) is 0 Å². The fourth-order valence-corrected chi connectivity index (χ4v) is 1.08. The summed E-state index contributed by atoms with van der Waals surface area (Å²) in [4.78, 5) is 9.95. The largest absolute Gasteiger partial charge is 0.261 e. The minimum absolute atomic E-state index is 0.137. The number of nitroso groups, excluding NO2 is 1. The van der Waals surface area contributed by atoms with E-state index in [0.29, 0.717) is 13.1 Å². The van der Waals surface area contributed by atoms with Crippen molar-refractivity contribution in [2.75, 3.05) is 13.1 Å². The minimum atomic E-state index is 0.137. The third-order valence-corrected chi connectivity index (χ3v) is 1.77. The first-order valence-corrected chi connectivity index (χ1v) is 3.34. The molecule has 1 aliphatic rings. The number of piperidine rings is 1. The molecule has 1 saturated heterocycles. The van der Waals surface area contributed by atoms with Crippen LogP contribution in [0.2, 0.25) is 0 Å². The van der Waals surface area contributed by atoms with E-state index in [2.05, 4.69) is 11.4 Å². The van der Waals surface area contributed by atoms with E-state index in [4.69, 9.17) is 5.26 Å². The summed E-state index contributed by atoms with van der Waals surface area (Å²) in [5.41, 5.74) is 0. The maximum absolute atomic E-state index is 9.95. The molecule has 0 amide bonds. The van der Waals surface area contributed by atoms with Crippen molar-refractivity contribution in [1.29, 1.82) is 5.26 Å². The lowest BCUT2D eigenvalue weighted by molar-refractivity contribution is 0.211. The van der Waals surface area contributed by atoms with Crippen LogP contribution >= 0.6 is 0 Å². The van der Waals surface area contributed by atoms with Crippen molar-refractivity contribution in [2.45, 2.75) is 12.8 Å². The predicted octanol–water partition coefficient (Wildman–Crippen LogP) is 0.903. The van der Waals surface area contributed by atoms with Gasteiger partial charge in [0.25, 0.3) is 0 Å². The Hall–Kier alpha value is -1.11. The fraction of sp³-hybridized carbons (Fsp3) is 0.833. The number of nitriles is 1. The van der Waals surface area contributed by atoms with Crippen molar-refractivity contribution in [3.63, 3.8) is 0 Å². The highest BCUT2D eigenvalue weighted by atomic mass is 16.3. The zero-order valence-electron chi connectivity index (χ0n) is 5.66. The standard InChI is InChI=1S/C6H9N3O/c7-5-6-1-3-9(8-10)4-2-6/h6H,1-4H2. The van der Waals surface area contributed by atoms with Gasteiger partial charge in [0.15, 0.2) is 0 Å². The molecule has 0 aromatic rings. The molecule has 0 bridgehead atoms. The molecule has 0 unspecified atom stereocenters. The highest BCUT2D eigenvalue weighted by Crippen LogP contribution is 2.15. The molecule has 0 saturated carbocycles. The highest BCUT2D eigenvalue weighted by Gasteiger charge is 2.17. The van der Waals surface area contributed by atoms with Crippen molar-refractivity contribution in [1.82, 2.24) is 5.01 Å². The van der Waals surface area contributed by atoms with E-state index in [1.165, 1.54) is 5.01 Å². The van der Waals surface area contributed by atoms with Gasteiger partial charge in [-0.15, -0.1) is 4.91 Å². The monoisotopic (exact) mass is 139 g/mol. The van der Waals surface area contributed by atoms with E-state index in [1.54, 1.807) is 0 Å². The SMILES string of the molecule is N#CC1CCN(N=O)CC1. The Balaban J connectivity index is 2.32. The molecular weight excluding hydrogens is 130 g/mol. The molecule has 1 fully saturated rings. The van der Waals surface area contributed by atoms with Crippen LogP contribution in [0.4, 0.5) is 0 Å². The summed E-state index contributed by atoms with van der Waals surface area (Å²) in [6.07, 6.45) is 1.56. The van der Waals surface area contributed by atoms with Crippen molar-refractivity contribution in [3.8, 4) is 6.07 Å². The molecule has 0 aliphatic carbocycles. The van der Waals surface area contributed by atoms with E-state index in [-0.39, 0.29) is 5.92 Å². The van der Waals surface area contributed by atoms with E-state index in [9.17, 15) is 4.91 Å². The second-order valence-corrected chi connectivity index (χ2v) is 2.44. The third-order valence-electron chi connectivity index (χ3n) is 1.77. The van der Waals surface area contributed by atoms with E-state index in [0.717, 1.165) is 12.8 Å². The molecule has 0 aromatic heterocycles. The zero-order chi connectivity index (χ0) is 7.40. The first-order valence-electron chi connectivity index (χ1n) is 3.34. The average Bonchev–Trinajstić information content (AvgIpc) is 2.05. The summed E-state index contributed by atoms with van der Waals surface area (Å²) >= 11 is 0. The van der Waals surface area contributed by atoms with Gasteiger partial charge in [-0.25, -0.2) is 0 Å². The Bertz CT molecular complexity index is 155. The molecule has 0 atom stereocenters. The fourth-order valence-electron chi connectivity index (χ4n) is 1.08. The van der Waals surface area contributed by atoms with Crippen LogP contribution in [0.25, 0.3) is 0 Å². The number of rotatable bonds is 1. The molecule has 0 aromatic carbocycles. The molecule has 0 N–H and O–H groups in total. The Morgan fingerprint density at radius 1 is 1.50 bits per heavy atom. The first-order chi connectivity index (χ1) is 4.86. The summed E-state index contributed by atoms with van der Waals surface area (Å²) in [6.45, 7) is 1.28. The molecule has 0 spiro atoms. The van der Waals surface area contributed by atoms with Gasteiger partial charge in [-0.3, -0.25) is 5.01 Å². The highest BCUT2D eigenvalue weighted by molar-refractivity contribution is 4.86. The van der Waals surface area contributed by atoms with Crippen molar-refractivity contribution in [2.24, 2.45) is 11.2 Å². The van der Waals surface area contributed by atoms with Crippen molar-refractivity contribution >= 4 is 0 Å². The Labute approximate surface area is 59.4 Å². The predicted molar refractivity (Wildman–Crippen MR) is 35.7 cm³/mol. The van der Waals surface area contributed by atoms with Crippen LogP contribution in [0.3, 0.4) is 0 Å². The molecule has 1 heterocycles. The Morgan fingerprint density at radius 3 is 2.50 bits per heavy atom. The summed E-state index contributed by atoms with van der Waals surface area (Å²) in [5.74, 6) is 0.137. The van der Waals surface area contributed by atoms with Gasteiger partial charge in [0.2, 0.25) is 0 Å². The van der Waals surface area contributed by atoms with Crippen LogP contribution in [0.1, 0.15) is 12.8 Å². The van der Waals surface area contributed by atoms with E-state index < -0.39 is 0 Å². The second kappa shape index (κ2) is 3.16. The normalized spacial score (nSPS) is 20.1. The first kappa shape index (κ1) is 7.00. The molecule has 0 radical (unpaired) electrons. The molecule has 10 heavy (non-hydrogen) atoms. The van der Waals surface area contributed by atoms with Crippen LogP contribution < -0.4 is 0 Å². The van der Waals surface area contributed by atoms with Gasteiger partial charge in [-0.05, 0) is 12.8 Å². The van der Waals surface area contributed by atoms with Gasteiger partial charge in [0, 0.05) is 19.0 Å². The Kier molecular flexibility index (Phi) is 2.21. The molecule has 4 nitrogen and oxygen atoms in total. The van der Waals surface area contributed by atoms with Gasteiger partial charge in [0.1, 0.15) is 0 Å². The van der Waals surface area contributed by atoms with Gasteiger partial charge in [-0.2, -0.15) is 5.26 Å². The number of nitrogens with zero attached hydrogens (tertiary/aromatic N) is 3. The number of hydrogen-bond donors (Lipinski definition) is 0. The van der Waals surface area contributed by atoms with Crippen LogP contribution in [-0.4, -0.2) is 18.1 Å². The molecule has 1 aliphatic heterocycles. The molecule has 1 rings (SSSR count). The molecule has 4 heteroatoms. The summed E-state index contributed by atoms with van der Waals surface area (Å²) in [5, 5.41) is 12.7. The lowest BCUT2D eigenvalue weighted by atomic mass is 10.00. The van der Waals surface area contributed by atoms with Crippen LogP contribution in [0.15, 0.2) is 5.29 Å². The van der Waals surface area contributed by atoms with Crippen molar-refractivity contribution < 1.29 is 0 Å². The Morgan fingerprint density at radius 2 is 2.10 bits per heavy atom. The van der Waals surface area contributed by atoms with Crippen LogP contribution in [-0.2, 0) is 0 Å². The smallest absolute Gasteiger partial charge is 0.0657 e. The average molecular weight is 139 g/mol. The maximum Gasteiger partial charge on any atom is 0.0657 e. The lowest BCUT2D eigenvalue weighted by Gasteiger charge is -2.22. The maximum atomic E-state index is 9.95. The topological polar surface area (TPSA) is 56.5 Å². The summed E-state index contributed by atoms with van der Waals surface area (Å²) in [7, 11) is 0. The van der Waals surface area contributed by atoms with Gasteiger partial charge >= 0.3 is 0 Å². The van der Waals surface area contributed by atoms with Gasteiger partial charge in [0.05, 0.1) is 11.4 Å². The quantitative estimate of drug-likeness (QED) is 0.507. The van der Waals surface area contributed by atoms with Crippen LogP contribution in [0.5, 0.6) is 0 Å². The van der Waals surface area contributed by atoms with Gasteiger partial charge < -0.3 is 0 Å². The van der Waals surface area contributed by atoms with Crippen LogP contribution in [0, 0.1) is 22.2 Å². The summed E-state index contributed by atoms with van der Waals surface area (Å²) in [6, 6.07) is 2.18. The second-order valence-electron chi connectivity index (χ2n) is 2.44. The zero-order valence-corrected chi connectivity index (χ0v) is 5.66. The summed E-state index contributed by atoms with van der Waals surface area (Å²) < 4.78 is 0. The number of hydrogen-bond acceptors (Lipinski definition) is 3. The lowest BCUT2D eigenvalue weighted by Crippen LogP contribution is -2.28. The minimum Gasteiger partial charge on any atom is -0.261 e. The third kappa shape index (κ3) is 1.44. The van der Waals surface area contributed by atoms with Crippen molar-refractivity contribution in [3.05, 3.63) is 4.91 Å². The van der Waals surface area contributed by atoms with E-state index >= 15 is 0 Å². The van der Waals surface area contributed by atoms with E-state index in [1.807, 2.05) is 0 Å². The molecule has 54 valence electrons. The molecular formula is C6H9N3O.